The molecule has 2 aromatic carbocycles. The molecule has 1 aliphatic heterocycles. The fraction of sp³-hybridized carbons (Fsp3) is 0.286. The molecule has 1 saturated heterocycles. The predicted octanol–water partition coefficient (Wildman–Crippen LogP) is 4.98. The van der Waals surface area contributed by atoms with Gasteiger partial charge in [0.25, 0.3) is 5.91 Å². The number of fused-ring (bicyclic) bond motifs is 1. The van der Waals surface area contributed by atoms with Gasteiger partial charge in [-0.1, -0.05) is 18.2 Å². The van der Waals surface area contributed by atoms with Gasteiger partial charge in [0, 0.05) is 61.3 Å². The number of methoxy groups -OCH3 is 1. The molecule has 2 aromatic heterocycles. The van der Waals surface area contributed by atoms with E-state index in [9.17, 15) is 4.79 Å². The summed E-state index contributed by atoms with van der Waals surface area (Å²) in [7, 11) is 1.69. The number of ether oxygens (including phenoxy) is 1. The number of pyridine rings is 1. The van der Waals surface area contributed by atoms with Crippen LogP contribution in [0.1, 0.15) is 28.0 Å². The molecule has 1 fully saturated rings. The standard InChI is InChI=1S/C28H30N4O2S/c1-34-25-10-6-22(7-11-25)19-30-14-4-16-31(18-17-30)28(33)23-8-12-26(13-9-23)35-21-24-20-32-15-3-2-5-27(32)29-24/h2-3,5-13,15,20H,4,14,16-19,21H2,1H3. The van der Waals surface area contributed by atoms with Crippen LogP contribution in [-0.2, 0) is 12.3 Å². The average molecular weight is 487 g/mol. The van der Waals surface area contributed by atoms with Gasteiger partial charge in [-0.3, -0.25) is 9.69 Å². The number of hydrogen-bond donors (Lipinski definition) is 0. The number of benzene rings is 2. The molecule has 1 amide bonds. The fourth-order valence-electron chi connectivity index (χ4n) is 4.41. The van der Waals surface area contributed by atoms with E-state index >= 15 is 0 Å². The van der Waals surface area contributed by atoms with Crippen LogP contribution < -0.4 is 4.74 Å². The Bertz CT molecular complexity index is 1240. The normalized spacial score (nSPS) is 14.7. The highest BCUT2D eigenvalue weighted by atomic mass is 32.2. The van der Waals surface area contributed by atoms with E-state index < -0.39 is 0 Å². The Morgan fingerprint density at radius 2 is 1.80 bits per heavy atom. The molecule has 0 bridgehead atoms. The van der Waals surface area contributed by atoms with Gasteiger partial charge in [0.1, 0.15) is 11.4 Å². The van der Waals surface area contributed by atoms with Crippen LogP contribution in [0.3, 0.4) is 0 Å². The fourth-order valence-corrected chi connectivity index (χ4v) is 5.19. The Morgan fingerprint density at radius 1 is 0.971 bits per heavy atom. The molecule has 35 heavy (non-hydrogen) atoms. The molecular formula is C28H30N4O2S. The Hall–Kier alpha value is -3.29. The first-order valence-electron chi connectivity index (χ1n) is 12.0. The zero-order chi connectivity index (χ0) is 24.0. The van der Waals surface area contributed by atoms with Crippen molar-refractivity contribution in [3.05, 3.63) is 95.9 Å². The summed E-state index contributed by atoms with van der Waals surface area (Å²) in [5.41, 5.74) is 4.03. The van der Waals surface area contributed by atoms with Gasteiger partial charge in [0.05, 0.1) is 12.8 Å². The number of thioether (sulfide) groups is 1. The maximum Gasteiger partial charge on any atom is 0.253 e. The summed E-state index contributed by atoms with van der Waals surface area (Å²) in [5, 5.41) is 0. The van der Waals surface area contributed by atoms with Crippen LogP contribution in [-0.4, -0.2) is 58.4 Å². The summed E-state index contributed by atoms with van der Waals surface area (Å²) in [6.07, 6.45) is 5.06. The van der Waals surface area contributed by atoms with Crippen molar-refractivity contribution >= 4 is 23.3 Å². The second-order valence-corrected chi connectivity index (χ2v) is 9.83. The minimum absolute atomic E-state index is 0.119. The first-order chi connectivity index (χ1) is 17.2. The van der Waals surface area contributed by atoms with E-state index in [1.165, 1.54) is 5.56 Å². The maximum atomic E-state index is 13.2. The van der Waals surface area contributed by atoms with E-state index in [2.05, 4.69) is 28.2 Å². The number of amides is 1. The lowest BCUT2D eigenvalue weighted by Crippen LogP contribution is -2.35. The van der Waals surface area contributed by atoms with Crippen molar-refractivity contribution in [1.29, 1.82) is 0 Å². The highest BCUT2D eigenvalue weighted by molar-refractivity contribution is 7.98. The first kappa shape index (κ1) is 23.5. The van der Waals surface area contributed by atoms with E-state index in [0.717, 1.165) is 72.4 Å². The molecule has 180 valence electrons. The van der Waals surface area contributed by atoms with Crippen molar-refractivity contribution < 1.29 is 9.53 Å². The molecule has 4 aromatic rings. The zero-order valence-electron chi connectivity index (χ0n) is 20.0. The summed E-state index contributed by atoms with van der Waals surface area (Å²) < 4.78 is 7.29. The third-order valence-corrected chi connectivity index (χ3v) is 7.39. The molecule has 0 unspecified atom stereocenters. The third-order valence-electron chi connectivity index (χ3n) is 6.34. The van der Waals surface area contributed by atoms with Crippen LogP contribution in [0.15, 0.2) is 84.0 Å². The van der Waals surface area contributed by atoms with Crippen molar-refractivity contribution in [2.75, 3.05) is 33.3 Å². The van der Waals surface area contributed by atoms with E-state index in [1.54, 1.807) is 18.9 Å². The van der Waals surface area contributed by atoms with Gasteiger partial charge in [-0.2, -0.15) is 0 Å². The van der Waals surface area contributed by atoms with E-state index in [4.69, 9.17) is 4.74 Å². The predicted molar refractivity (Wildman–Crippen MR) is 140 cm³/mol. The zero-order valence-corrected chi connectivity index (χ0v) is 20.8. The lowest BCUT2D eigenvalue weighted by Gasteiger charge is -2.22. The quantitative estimate of drug-likeness (QED) is 0.345. The Kier molecular flexibility index (Phi) is 7.35. The smallest absolute Gasteiger partial charge is 0.253 e. The van der Waals surface area contributed by atoms with E-state index in [1.807, 2.05) is 70.1 Å². The van der Waals surface area contributed by atoms with E-state index in [-0.39, 0.29) is 5.91 Å². The van der Waals surface area contributed by atoms with Gasteiger partial charge in [0.2, 0.25) is 0 Å². The summed E-state index contributed by atoms with van der Waals surface area (Å²) in [6.45, 7) is 4.31. The number of hydrogen-bond acceptors (Lipinski definition) is 5. The number of carbonyl (C=O) groups excluding carboxylic acids is 1. The summed E-state index contributed by atoms with van der Waals surface area (Å²) >= 11 is 1.74. The molecular weight excluding hydrogens is 456 g/mol. The Morgan fingerprint density at radius 3 is 2.57 bits per heavy atom. The minimum atomic E-state index is 0.119. The van der Waals surface area contributed by atoms with Gasteiger partial charge < -0.3 is 14.0 Å². The van der Waals surface area contributed by atoms with E-state index in [0.29, 0.717) is 0 Å². The van der Waals surface area contributed by atoms with Crippen LogP contribution in [0.2, 0.25) is 0 Å². The highest BCUT2D eigenvalue weighted by Crippen LogP contribution is 2.24. The number of nitrogens with zero attached hydrogens (tertiary/aromatic N) is 4. The lowest BCUT2D eigenvalue weighted by atomic mass is 10.2. The summed E-state index contributed by atoms with van der Waals surface area (Å²) in [6, 6.07) is 22.2. The van der Waals surface area contributed by atoms with Crippen molar-refractivity contribution in [2.24, 2.45) is 0 Å². The molecule has 0 N–H and O–H groups in total. The molecule has 0 radical (unpaired) electrons. The molecule has 0 saturated carbocycles. The molecule has 7 heteroatoms. The van der Waals surface area contributed by atoms with Gasteiger partial charge in [0.15, 0.2) is 0 Å². The van der Waals surface area contributed by atoms with Crippen LogP contribution in [0, 0.1) is 0 Å². The van der Waals surface area contributed by atoms with Gasteiger partial charge in [-0.15, -0.1) is 11.8 Å². The van der Waals surface area contributed by atoms with Crippen LogP contribution >= 0.6 is 11.8 Å². The van der Waals surface area contributed by atoms with Crippen LogP contribution in [0.4, 0.5) is 0 Å². The van der Waals surface area contributed by atoms with Crippen LogP contribution in [0.25, 0.3) is 5.65 Å². The molecule has 6 nitrogen and oxygen atoms in total. The maximum absolute atomic E-state index is 13.2. The minimum Gasteiger partial charge on any atom is -0.497 e. The number of aromatic nitrogens is 2. The topological polar surface area (TPSA) is 50.1 Å². The SMILES string of the molecule is COc1ccc(CN2CCCN(C(=O)c3ccc(SCc4cn5ccccc5n4)cc3)CC2)cc1. The number of rotatable bonds is 7. The van der Waals surface area contributed by atoms with Crippen LogP contribution in [0.5, 0.6) is 5.75 Å². The lowest BCUT2D eigenvalue weighted by molar-refractivity contribution is 0.0761. The Balaban J connectivity index is 1.14. The molecule has 0 atom stereocenters. The third kappa shape index (κ3) is 5.86. The number of carbonyl (C=O) groups is 1. The molecule has 5 rings (SSSR count). The largest absolute Gasteiger partial charge is 0.497 e. The van der Waals surface area contributed by atoms with Crippen molar-refractivity contribution in [3.63, 3.8) is 0 Å². The number of imidazole rings is 1. The highest BCUT2D eigenvalue weighted by Gasteiger charge is 2.20. The molecule has 0 spiro atoms. The molecule has 0 aliphatic carbocycles. The second kappa shape index (κ2) is 11.0. The van der Waals surface area contributed by atoms with Crippen molar-refractivity contribution in [3.8, 4) is 5.75 Å². The Labute approximate surface area is 210 Å². The molecule has 1 aliphatic rings. The second-order valence-electron chi connectivity index (χ2n) is 8.78. The first-order valence-corrected chi connectivity index (χ1v) is 13.0. The molecule has 3 heterocycles. The van der Waals surface area contributed by atoms with Gasteiger partial charge >= 0.3 is 0 Å². The van der Waals surface area contributed by atoms with Gasteiger partial charge in [-0.25, -0.2) is 4.98 Å². The monoisotopic (exact) mass is 486 g/mol. The van der Waals surface area contributed by atoms with Crippen molar-refractivity contribution in [2.45, 2.75) is 23.6 Å². The average Bonchev–Trinajstić information content (AvgIpc) is 3.18. The summed E-state index contributed by atoms with van der Waals surface area (Å²) in [5.74, 6) is 1.79. The van der Waals surface area contributed by atoms with Gasteiger partial charge in [-0.05, 0) is 60.5 Å². The van der Waals surface area contributed by atoms with Crippen molar-refractivity contribution in [1.82, 2.24) is 19.2 Å². The summed E-state index contributed by atoms with van der Waals surface area (Å²) in [4.78, 5) is 23.4.